The molecule has 0 saturated carbocycles. The molecule has 172 valence electrons. The van der Waals surface area contributed by atoms with Gasteiger partial charge in [0.25, 0.3) is 11.1 Å². The molecule has 4 aromatic carbocycles. The van der Waals surface area contributed by atoms with Gasteiger partial charge < -0.3 is 4.90 Å². The van der Waals surface area contributed by atoms with Gasteiger partial charge in [-0.15, -0.1) is 0 Å². The summed E-state index contributed by atoms with van der Waals surface area (Å²) < 4.78 is 0. The lowest BCUT2D eigenvalue weighted by atomic mass is 9.96. The Morgan fingerprint density at radius 3 is 2.20 bits per heavy atom. The number of carbonyl (C=O) groups excluding carboxylic acids is 3. The molecule has 0 bridgehead atoms. The van der Waals surface area contributed by atoms with Crippen LogP contribution in [0.4, 0.5) is 4.79 Å². The zero-order valence-corrected chi connectivity index (χ0v) is 19.8. The van der Waals surface area contributed by atoms with Crippen molar-refractivity contribution in [2.45, 2.75) is 13.0 Å². The predicted octanol–water partition coefficient (Wildman–Crippen LogP) is 5.61. The van der Waals surface area contributed by atoms with Crippen molar-refractivity contribution in [3.63, 3.8) is 0 Å². The minimum absolute atomic E-state index is 0.210. The lowest BCUT2D eigenvalue weighted by Crippen LogP contribution is -2.44. The highest BCUT2D eigenvalue weighted by molar-refractivity contribution is 8.18. The lowest BCUT2D eigenvalue weighted by Gasteiger charge is -2.29. The highest BCUT2D eigenvalue weighted by Gasteiger charge is 2.37. The normalized spacial score (nSPS) is 17.0. The lowest BCUT2D eigenvalue weighted by molar-refractivity contribution is -0.136. The van der Waals surface area contributed by atoms with E-state index in [0.717, 1.165) is 55.8 Å². The molecule has 3 amide bonds. The zero-order valence-electron chi connectivity index (χ0n) is 18.9. The SMILES string of the molecule is O=C(CN1C(=O)S/C(=C/c2c3ccccc3cc3ccccc23)C1=O)N1CCc2ccccc2C1. The summed E-state index contributed by atoms with van der Waals surface area (Å²) in [6.45, 7) is 0.855. The number of hydrogen-bond donors (Lipinski definition) is 0. The highest BCUT2D eigenvalue weighted by atomic mass is 32.2. The summed E-state index contributed by atoms with van der Waals surface area (Å²) in [5.74, 6) is -0.624. The van der Waals surface area contributed by atoms with E-state index in [1.54, 1.807) is 11.0 Å². The number of benzene rings is 4. The number of thioether (sulfide) groups is 1. The maximum Gasteiger partial charge on any atom is 0.294 e. The van der Waals surface area contributed by atoms with Gasteiger partial charge in [-0.1, -0.05) is 72.8 Å². The number of hydrogen-bond acceptors (Lipinski definition) is 4. The topological polar surface area (TPSA) is 57.7 Å². The van der Waals surface area contributed by atoms with Gasteiger partial charge in [-0.05, 0) is 68.6 Å². The Hall–Kier alpha value is -3.90. The molecule has 2 aliphatic heterocycles. The number of carbonyl (C=O) groups is 3. The molecule has 0 N–H and O–H groups in total. The summed E-state index contributed by atoms with van der Waals surface area (Å²) in [4.78, 5) is 42.2. The molecule has 0 aromatic heterocycles. The first-order valence-corrected chi connectivity index (χ1v) is 12.4. The third-order valence-corrected chi connectivity index (χ3v) is 7.65. The number of imide groups is 1. The van der Waals surface area contributed by atoms with Gasteiger partial charge in [-0.25, -0.2) is 0 Å². The minimum atomic E-state index is -0.414. The molecular formula is C29H22N2O3S. The van der Waals surface area contributed by atoms with E-state index in [9.17, 15) is 14.4 Å². The van der Waals surface area contributed by atoms with E-state index in [0.29, 0.717) is 18.0 Å². The Bertz CT molecular complexity index is 1500. The largest absolute Gasteiger partial charge is 0.336 e. The van der Waals surface area contributed by atoms with Crippen LogP contribution in [-0.2, 0) is 22.6 Å². The predicted molar refractivity (Wildman–Crippen MR) is 140 cm³/mol. The van der Waals surface area contributed by atoms with E-state index in [1.807, 2.05) is 66.7 Å². The Labute approximate surface area is 207 Å². The highest BCUT2D eigenvalue weighted by Crippen LogP contribution is 2.36. The van der Waals surface area contributed by atoms with Gasteiger partial charge in [0.2, 0.25) is 5.91 Å². The molecule has 0 unspecified atom stereocenters. The Morgan fingerprint density at radius 1 is 0.857 bits per heavy atom. The van der Waals surface area contributed by atoms with E-state index < -0.39 is 11.1 Å². The fourth-order valence-electron chi connectivity index (χ4n) is 4.92. The van der Waals surface area contributed by atoms with Crippen molar-refractivity contribution in [3.05, 3.63) is 100 Å². The van der Waals surface area contributed by atoms with Crippen LogP contribution in [0.3, 0.4) is 0 Å². The molecule has 1 fully saturated rings. The molecule has 1 saturated heterocycles. The van der Waals surface area contributed by atoms with E-state index in [1.165, 1.54) is 5.56 Å². The van der Waals surface area contributed by atoms with Gasteiger partial charge in [0.05, 0.1) is 4.91 Å². The van der Waals surface area contributed by atoms with Crippen LogP contribution in [0.2, 0.25) is 0 Å². The number of amides is 3. The molecule has 2 heterocycles. The van der Waals surface area contributed by atoms with Crippen molar-refractivity contribution in [3.8, 4) is 0 Å². The summed E-state index contributed by atoms with van der Waals surface area (Å²) >= 11 is 0.899. The molecule has 0 aliphatic carbocycles. The molecule has 6 rings (SSSR count). The van der Waals surface area contributed by atoms with E-state index in [-0.39, 0.29) is 12.5 Å². The maximum atomic E-state index is 13.3. The van der Waals surface area contributed by atoms with Crippen LogP contribution in [0.5, 0.6) is 0 Å². The summed E-state index contributed by atoms with van der Waals surface area (Å²) in [7, 11) is 0. The molecule has 2 aliphatic rings. The Balaban J connectivity index is 1.29. The quantitative estimate of drug-likeness (QED) is 0.284. The van der Waals surface area contributed by atoms with Crippen LogP contribution in [0.1, 0.15) is 16.7 Å². The number of rotatable bonds is 3. The third kappa shape index (κ3) is 3.90. The van der Waals surface area contributed by atoms with Crippen molar-refractivity contribution < 1.29 is 14.4 Å². The summed E-state index contributed by atoms with van der Waals surface area (Å²) in [6, 6.07) is 26.2. The van der Waals surface area contributed by atoms with Gasteiger partial charge in [0.15, 0.2) is 0 Å². The minimum Gasteiger partial charge on any atom is -0.336 e. The van der Waals surface area contributed by atoms with Gasteiger partial charge in [0.1, 0.15) is 6.54 Å². The summed E-state index contributed by atoms with van der Waals surface area (Å²) in [5, 5.41) is 3.76. The zero-order chi connectivity index (χ0) is 23.9. The standard InChI is InChI=1S/C29H22N2O3S/c32-27(30-14-13-19-7-1-2-10-22(19)17-30)18-31-28(33)26(35-29(31)34)16-25-23-11-5-3-8-20(23)15-21-9-4-6-12-24(21)25/h1-12,15-16H,13-14,17-18H2/b26-16+. The van der Waals surface area contributed by atoms with Crippen molar-refractivity contribution in [2.75, 3.05) is 13.1 Å². The van der Waals surface area contributed by atoms with Crippen molar-refractivity contribution >= 4 is 56.4 Å². The third-order valence-electron chi connectivity index (χ3n) is 6.74. The van der Waals surface area contributed by atoms with Crippen LogP contribution >= 0.6 is 11.8 Å². The molecule has 0 spiro atoms. The number of nitrogens with zero attached hydrogens (tertiary/aromatic N) is 2. The smallest absolute Gasteiger partial charge is 0.294 e. The monoisotopic (exact) mass is 478 g/mol. The second-order valence-corrected chi connectivity index (χ2v) is 9.83. The van der Waals surface area contributed by atoms with Gasteiger partial charge >= 0.3 is 0 Å². The Kier molecular flexibility index (Phi) is 5.38. The first-order valence-electron chi connectivity index (χ1n) is 11.6. The van der Waals surface area contributed by atoms with Crippen molar-refractivity contribution in [2.24, 2.45) is 0 Å². The summed E-state index contributed by atoms with van der Waals surface area (Å²) in [5.41, 5.74) is 3.26. The number of fused-ring (bicyclic) bond motifs is 3. The molecule has 35 heavy (non-hydrogen) atoms. The van der Waals surface area contributed by atoms with Crippen LogP contribution < -0.4 is 0 Å². The van der Waals surface area contributed by atoms with Crippen LogP contribution in [0, 0.1) is 0 Å². The molecule has 4 aromatic rings. The first-order chi connectivity index (χ1) is 17.1. The fourth-order valence-corrected chi connectivity index (χ4v) is 5.74. The maximum absolute atomic E-state index is 13.3. The van der Waals surface area contributed by atoms with E-state index >= 15 is 0 Å². The molecule has 5 nitrogen and oxygen atoms in total. The molecule has 0 atom stereocenters. The molecule has 6 heteroatoms. The van der Waals surface area contributed by atoms with Gasteiger partial charge in [0, 0.05) is 13.1 Å². The van der Waals surface area contributed by atoms with Crippen molar-refractivity contribution in [1.82, 2.24) is 9.80 Å². The van der Waals surface area contributed by atoms with Crippen LogP contribution in [0.25, 0.3) is 27.6 Å². The summed E-state index contributed by atoms with van der Waals surface area (Å²) in [6.07, 6.45) is 2.58. The average Bonchev–Trinajstić information content (AvgIpc) is 3.15. The average molecular weight is 479 g/mol. The first kappa shape index (κ1) is 21.6. The van der Waals surface area contributed by atoms with Crippen LogP contribution in [-0.4, -0.2) is 39.9 Å². The second kappa shape index (κ2) is 8.71. The Morgan fingerprint density at radius 2 is 1.49 bits per heavy atom. The second-order valence-electron chi connectivity index (χ2n) is 8.83. The van der Waals surface area contributed by atoms with Crippen molar-refractivity contribution in [1.29, 1.82) is 0 Å². The van der Waals surface area contributed by atoms with Gasteiger partial charge in [-0.3, -0.25) is 19.3 Å². The van der Waals surface area contributed by atoms with Crippen LogP contribution in [0.15, 0.2) is 83.8 Å². The van der Waals surface area contributed by atoms with E-state index in [4.69, 9.17) is 0 Å². The van der Waals surface area contributed by atoms with Gasteiger partial charge in [-0.2, -0.15) is 0 Å². The molecule has 0 radical (unpaired) electrons. The molecular weight excluding hydrogens is 456 g/mol. The van der Waals surface area contributed by atoms with E-state index in [2.05, 4.69) is 12.1 Å². The fraction of sp³-hybridized carbons (Fsp3) is 0.138.